The molecule has 2 unspecified atom stereocenters. The van der Waals surface area contributed by atoms with Gasteiger partial charge in [0.15, 0.2) is 0 Å². The van der Waals surface area contributed by atoms with Crippen LogP contribution in [0.5, 0.6) is 0 Å². The van der Waals surface area contributed by atoms with Crippen LogP contribution in [0.4, 0.5) is 0 Å². The largest absolute Gasteiger partial charge is 0.172 e. The Morgan fingerprint density at radius 1 is 0.406 bits per heavy atom. The van der Waals surface area contributed by atoms with Gasteiger partial charge in [0.25, 0.3) is 0 Å². The molecule has 6 rings (SSSR count). The van der Waals surface area contributed by atoms with E-state index in [1.165, 1.54) is 276 Å². The first-order valence-corrected chi connectivity index (χ1v) is 32.8. The smallest absolute Gasteiger partial charge is 0.114 e. The van der Waals surface area contributed by atoms with E-state index in [1.807, 2.05) is 45.3 Å². The van der Waals surface area contributed by atoms with Crippen LogP contribution in [0.3, 0.4) is 0 Å². The number of rotatable bonds is 40. The fourth-order valence-corrected chi connectivity index (χ4v) is 15.5. The number of benzene rings is 1. The lowest BCUT2D eigenvalue weighted by molar-refractivity contribution is 0.400. The molecule has 0 radical (unpaired) electrons. The summed E-state index contributed by atoms with van der Waals surface area (Å²) in [6.07, 6.45) is 46.8. The fraction of sp³-hybridized carbons (Fsp3) is 0.645. The van der Waals surface area contributed by atoms with Crippen molar-refractivity contribution in [1.29, 1.82) is 0 Å². The van der Waals surface area contributed by atoms with Gasteiger partial charge in [0, 0.05) is 40.4 Å². The Morgan fingerprint density at radius 3 is 1.36 bits per heavy atom. The molecule has 0 saturated heterocycles. The van der Waals surface area contributed by atoms with Gasteiger partial charge >= 0.3 is 0 Å². The maximum Gasteiger partial charge on any atom is 0.114 e. The lowest BCUT2D eigenvalue weighted by Gasteiger charge is -2.17. The number of nitrogens with zero attached hydrogens (tertiary/aromatic N) is 2. The van der Waals surface area contributed by atoms with Crippen molar-refractivity contribution in [3.8, 4) is 40.4 Å². The zero-order valence-corrected chi connectivity index (χ0v) is 48.0. The Hall–Kier alpha value is -2.16. The average molecular weight is 1030 g/mol. The summed E-state index contributed by atoms with van der Waals surface area (Å²) in [5, 5.41) is 4.68. The van der Waals surface area contributed by atoms with E-state index in [-0.39, 0.29) is 0 Å². The van der Waals surface area contributed by atoms with Crippen LogP contribution in [-0.2, 0) is 12.8 Å². The van der Waals surface area contributed by atoms with Gasteiger partial charge in [-0.3, -0.25) is 0 Å². The zero-order valence-electron chi connectivity index (χ0n) is 43.9. The molecule has 380 valence electrons. The molecule has 0 spiro atoms. The first kappa shape index (κ1) is 56.1. The summed E-state index contributed by atoms with van der Waals surface area (Å²) in [5.74, 6) is 1.52. The Bertz CT molecular complexity index is 2200. The first-order chi connectivity index (χ1) is 34.1. The van der Waals surface area contributed by atoms with Crippen molar-refractivity contribution in [1.82, 2.24) is 8.75 Å². The minimum atomic E-state index is 0.733. The maximum atomic E-state index is 5.07. The summed E-state index contributed by atoms with van der Waals surface area (Å²) in [5.41, 5.74) is 7.75. The van der Waals surface area contributed by atoms with Crippen LogP contribution < -0.4 is 0 Å². The van der Waals surface area contributed by atoms with Crippen molar-refractivity contribution in [2.45, 2.75) is 246 Å². The molecule has 5 aromatic heterocycles. The number of aromatic nitrogens is 2. The Kier molecular flexibility index (Phi) is 27.3. The second kappa shape index (κ2) is 33.5. The van der Waals surface area contributed by atoms with E-state index in [9.17, 15) is 0 Å². The second-order valence-electron chi connectivity index (χ2n) is 20.8. The van der Waals surface area contributed by atoms with E-state index in [4.69, 9.17) is 8.75 Å². The molecule has 0 aliphatic heterocycles. The summed E-state index contributed by atoms with van der Waals surface area (Å²) in [4.78, 5) is 8.36. The third kappa shape index (κ3) is 19.3. The summed E-state index contributed by atoms with van der Waals surface area (Å²) in [7, 11) is 0. The molecular weight excluding hydrogens is 933 g/mol. The van der Waals surface area contributed by atoms with E-state index < -0.39 is 0 Å². The van der Waals surface area contributed by atoms with Crippen LogP contribution in [0.2, 0.25) is 0 Å². The number of hydrogen-bond donors (Lipinski definition) is 0. The summed E-state index contributed by atoms with van der Waals surface area (Å²) >= 11 is 9.15. The fourth-order valence-electron chi connectivity index (χ4n) is 10.7. The monoisotopic (exact) mass is 1020 g/mol. The normalized spacial score (nSPS) is 12.8. The number of unbranched alkanes of at least 4 members (excludes halogenated alkanes) is 24. The molecule has 1 aromatic carbocycles. The highest BCUT2D eigenvalue weighted by molar-refractivity contribution is 7.27. The van der Waals surface area contributed by atoms with Crippen molar-refractivity contribution >= 4 is 68.1 Å². The summed E-state index contributed by atoms with van der Waals surface area (Å²) in [6, 6.07) is 19.1. The Labute approximate surface area is 442 Å². The van der Waals surface area contributed by atoms with Crippen molar-refractivity contribution in [3.05, 3.63) is 70.4 Å². The van der Waals surface area contributed by atoms with Gasteiger partial charge in [0.2, 0.25) is 0 Å². The molecule has 0 amide bonds. The predicted molar refractivity (Wildman–Crippen MR) is 315 cm³/mol. The number of thiophene rings is 4. The van der Waals surface area contributed by atoms with E-state index >= 15 is 0 Å². The van der Waals surface area contributed by atoms with Gasteiger partial charge in [-0.25, -0.2) is 0 Å². The van der Waals surface area contributed by atoms with Crippen LogP contribution >= 0.6 is 57.1 Å². The molecule has 0 fully saturated rings. The molecular formula is C62H92N2S5. The van der Waals surface area contributed by atoms with E-state index in [1.54, 1.807) is 5.56 Å². The van der Waals surface area contributed by atoms with Gasteiger partial charge in [-0.2, -0.15) is 8.75 Å². The molecule has 2 atom stereocenters. The van der Waals surface area contributed by atoms with E-state index in [0.717, 1.165) is 22.9 Å². The highest BCUT2D eigenvalue weighted by Crippen LogP contribution is 2.47. The second-order valence-corrected chi connectivity index (χ2v) is 25.4. The van der Waals surface area contributed by atoms with E-state index in [0.29, 0.717) is 0 Å². The SMILES string of the molecule is CCCCCCCCCCC(CCCCCCCC)Cc1csc(-c2ccc(-c3cc(CC(CCCCCCCC)CCCCCCCCCC)c(-c4ccc(-c5cccs5)s4)s3)c3nsnc23)c1. The van der Waals surface area contributed by atoms with Gasteiger partial charge in [0.05, 0.1) is 11.7 Å². The predicted octanol–water partition coefficient (Wildman–Crippen LogP) is 23.5. The van der Waals surface area contributed by atoms with Crippen LogP contribution in [0.1, 0.15) is 244 Å². The molecule has 0 N–H and O–H groups in total. The van der Waals surface area contributed by atoms with Crippen molar-refractivity contribution in [3.63, 3.8) is 0 Å². The topological polar surface area (TPSA) is 25.8 Å². The molecule has 5 heterocycles. The van der Waals surface area contributed by atoms with Gasteiger partial charge in [0.1, 0.15) is 11.0 Å². The number of fused-ring (bicyclic) bond motifs is 1. The molecule has 2 nitrogen and oxygen atoms in total. The lowest BCUT2D eigenvalue weighted by atomic mass is 9.88. The average Bonchev–Trinajstić information content (AvgIpc) is 4.23. The molecule has 0 saturated carbocycles. The summed E-state index contributed by atoms with van der Waals surface area (Å²) < 4.78 is 10.1. The molecule has 0 aliphatic rings. The molecule has 7 heteroatoms. The molecule has 0 bridgehead atoms. The first-order valence-electron chi connectivity index (χ1n) is 28.7. The maximum absolute atomic E-state index is 5.07. The van der Waals surface area contributed by atoms with Gasteiger partial charge in [-0.1, -0.05) is 251 Å². The van der Waals surface area contributed by atoms with Crippen molar-refractivity contribution < 1.29 is 0 Å². The van der Waals surface area contributed by atoms with Gasteiger partial charge in [-0.05, 0) is 76.9 Å². The molecule has 6 aromatic rings. The minimum absolute atomic E-state index is 0.733. The van der Waals surface area contributed by atoms with Crippen LogP contribution in [0.25, 0.3) is 51.4 Å². The minimum Gasteiger partial charge on any atom is -0.172 e. The number of hydrogen-bond acceptors (Lipinski definition) is 7. The van der Waals surface area contributed by atoms with Crippen LogP contribution in [0.15, 0.2) is 59.3 Å². The molecule has 0 aliphatic carbocycles. The molecule has 69 heavy (non-hydrogen) atoms. The van der Waals surface area contributed by atoms with Gasteiger partial charge in [-0.15, -0.1) is 45.3 Å². The third-order valence-electron chi connectivity index (χ3n) is 14.9. The standard InChI is InChI=1S/C62H92N2S5/c1-5-9-13-17-21-23-27-30-35-49(34-29-25-19-15-11-7-3)44-51-46-58(66-48-51)53-39-40-54(61-60(53)63-69-64-61)59-47-52(62(68-59)57-42-41-56(67-57)55-38-33-43-65-55)45-50(36-31-26-20-16-12-8-4)37-32-28-24-22-18-14-10-6-2/h33,38-43,46-50H,5-32,34-37,44-45H2,1-4H3. The highest BCUT2D eigenvalue weighted by atomic mass is 32.1. The Morgan fingerprint density at radius 2 is 0.870 bits per heavy atom. The van der Waals surface area contributed by atoms with Crippen LogP contribution in [-0.4, -0.2) is 8.75 Å². The van der Waals surface area contributed by atoms with Crippen molar-refractivity contribution in [2.75, 3.05) is 0 Å². The lowest BCUT2D eigenvalue weighted by Crippen LogP contribution is -2.05. The highest BCUT2D eigenvalue weighted by Gasteiger charge is 2.22. The van der Waals surface area contributed by atoms with E-state index in [2.05, 4.69) is 87.0 Å². The Balaban J connectivity index is 1.20. The van der Waals surface area contributed by atoms with Crippen LogP contribution in [0, 0.1) is 11.8 Å². The quantitative estimate of drug-likeness (QED) is 0.0359. The third-order valence-corrected chi connectivity index (χ3v) is 20.0. The van der Waals surface area contributed by atoms with Gasteiger partial charge < -0.3 is 0 Å². The zero-order chi connectivity index (χ0) is 48.1. The van der Waals surface area contributed by atoms with Crippen molar-refractivity contribution in [2.24, 2.45) is 11.8 Å². The summed E-state index contributed by atoms with van der Waals surface area (Å²) in [6.45, 7) is 9.30.